The quantitative estimate of drug-likeness (QED) is 0.874. The summed E-state index contributed by atoms with van der Waals surface area (Å²) < 4.78 is 10.8. The number of nitrogens with one attached hydrogen (secondary N) is 1. The zero-order valence-electron chi connectivity index (χ0n) is 15.4. The molecule has 3 N–H and O–H groups in total. The van der Waals surface area contributed by atoms with Crippen LogP contribution in [0.25, 0.3) is 0 Å². The molecule has 1 unspecified atom stereocenters. The Morgan fingerprint density at radius 1 is 1.17 bits per heavy atom. The van der Waals surface area contributed by atoms with Crippen LogP contribution in [0.15, 0.2) is 12.1 Å². The molecule has 0 aliphatic heterocycles. The third-order valence-electron chi connectivity index (χ3n) is 3.94. The molecule has 0 fully saturated rings. The van der Waals surface area contributed by atoms with Crippen molar-refractivity contribution in [3.05, 3.63) is 28.8 Å². The van der Waals surface area contributed by atoms with E-state index < -0.39 is 17.1 Å². The van der Waals surface area contributed by atoms with Gasteiger partial charge in [-0.05, 0) is 51.8 Å². The van der Waals surface area contributed by atoms with Gasteiger partial charge in [0.2, 0.25) is 0 Å². The van der Waals surface area contributed by atoms with E-state index >= 15 is 0 Å². The molecule has 5 nitrogen and oxygen atoms in total. The first-order valence-electron chi connectivity index (χ1n) is 7.85. The van der Waals surface area contributed by atoms with Crippen LogP contribution >= 0.6 is 0 Å². The molecule has 0 saturated carbocycles. The number of hydrogen-bond acceptors (Lipinski definition) is 4. The first-order valence-corrected chi connectivity index (χ1v) is 7.85. The lowest BCUT2D eigenvalue weighted by Gasteiger charge is -2.31. The van der Waals surface area contributed by atoms with E-state index in [4.69, 9.17) is 15.2 Å². The maximum absolute atomic E-state index is 11.9. The number of carbonyl (C=O) groups is 1. The smallest absolute Gasteiger partial charge is 0.407 e. The first-order chi connectivity index (χ1) is 10.5. The van der Waals surface area contributed by atoms with E-state index in [0.717, 1.165) is 22.4 Å². The van der Waals surface area contributed by atoms with Gasteiger partial charge in [0.05, 0.1) is 7.11 Å². The Labute approximate surface area is 139 Å². The van der Waals surface area contributed by atoms with Crippen molar-refractivity contribution in [1.82, 2.24) is 5.32 Å². The highest BCUT2D eigenvalue weighted by molar-refractivity contribution is 5.68. The second-order valence-corrected chi connectivity index (χ2v) is 7.26. The Morgan fingerprint density at radius 2 is 1.74 bits per heavy atom. The number of amides is 1. The number of aryl methyl sites for hydroxylation is 2. The van der Waals surface area contributed by atoms with Crippen molar-refractivity contribution in [3.63, 3.8) is 0 Å². The van der Waals surface area contributed by atoms with Crippen molar-refractivity contribution < 1.29 is 14.3 Å². The molecule has 1 aromatic rings. The van der Waals surface area contributed by atoms with Crippen LogP contribution in [-0.2, 0) is 10.2 Å². The van der Waals surface area contributed by atoms with Crippen LogP contribution in [0.4, 0.5) is 4.79 Å². The van der Waals surface area contributed by atoms with Crippen LogP contribution in [0.1, 0.15) is 44.4 Å². The largest absolute Gasteiger partial charge is 0.496 e. The van der Waals surface area contributed by atoms with Crippen molar-refractivity contribution in [3.8, 4) is 5.75 Å². The minimum Gasteiger partial charge on any atom is -0.496 e. The molecule has 1 rings (SSSR count). The maximum atomic E-state index is 11.9. The van der Waals surface area contributed by atoms with Crippen LogP contribution < -0.4 is 15.8 Å². The summed E-state index contributed by atoms with van der Waals surface area (Å²) >= 11 is 0. The lowest BCUT2D eigenvalue weighted by atomic mass is 9.80. The topological polar surface area (TPSA) is 73.6 Å². The Balaban J connectivity index is 3.01. The third kappa shape index (κ3) is 5.13. The lowest BCUT2D eigenvalue weighted by molar-refractivity contribution is 0.0516. The fourth-order valence-electron chi connectivity index (χ4n) is 2.29. The zero-order chi connectivity index (χ0) is 17.8. The van der Waals surface area contributed by atoms with E-state index in [-0.39, 0.29) is 0 Å². The number of carbonyl (C=O) groups excluding carboxylic acids is 1. The molecule has 0 heterocycles. The third-order valence-corrected chi connectivity index (χ3v) is 3.94. The van der Waals surface area contributed by atoms with Crippen LogP contribution in [0.5, 0.6) is 5.75 Å². The van der Waals surface area contributed by atoms with Crippen LogP contribution in [0.2, 0.25) is 0 Å². The number of rotatable bonds is 5. The van der Waals surface area contributed by atoms with Gasteiger partial charge in [-0.2, -0.15) is 0 Å². The molecule has 130 valence electrons. The van der Waals surface area contributed by atoms with Crippen LogP contribution in [0.3, 0.4) is 0 Å². The Bertz CT molecular complexity index is 564. The summed E-state index contributed by atoms with van der Waals surface area (Å²) in [6.45, 7) is 12.4. The molecule has 1 aromatic carbocycles. The summed E-state index contributed by atoms with van der Waals surface area (Å²) in [6, 6.07) is 4.09. The van der Waals surface area contributed by atoms with E-state index in [1.165, 1.54) is 0 Å². The van der Waals surface area contributed by atoms with Crippen molar-refractivity contribution in [1.29, 1.82) is 0 Å². The van der Waals surface area contributed by atoms with E-state index in [0.29, 0.717) is 13.1 Å². The Kier molecular flexibility index (Phi) is 6.05. The number of nitrogens with two attached hydrogens (primary N) is 1. The molecule has 1 atom stereocenters. The van der Waals surface area contributed by atoms with Gasteiger partial charge < -0.3 is 20.5 Å². The molecule has 0 aliphatic carbocycles. The van der Waals surface area contributed by atoms with Gasteiger partial charge in [-0.15, -0.1) is 0 Å². The summed E-state index contributed by atoms with van der Waals surface area (Å²) in [5.41, 5.74) is 8.36. The normalized spacial score (nSPS) is 14.1. The SMILES string of the molecule is COc1cc(C)c(C)cc1C(C)(CN)CNC(=O)OC(C)(C)C. The van der Waals surface area contributed by atoms with E-state index in [9.17, 15) is 4.79 Å². The van der Waals surface area contributed by atoms with Gasteiger partial charge in [0.1, 0.15) is 11.4 Å². The number of alkyl carbamates (subject to hydrolysis) is 1. The molecule has 0 aliphatic rings. The van der Waals surface area contributed by atoms with Gasteiger partial charge in [0.25, 0.3) is 0 Å². The highest BCUT2D eigenvalue weighted by atomic mass is 16.6. The van der Waals surface area contributed by atoms with E-state index in [1.54, 1.807) is 7.11 Å². The molecule has 0 radical (unpaired) electrons. The Morgan fingerprint density at radius 3 is 2.22 bits per heavy atom. The second-order valence-electron chi connectivity index (χ2n) is 7.26. The maximum Gasteiger partial charge on any atom is 0.407 e. The van der Waals surface area contributed by atoms with Crippen molar-refractivity contribution in [2.45, 2.75) is 52.6 Å². The van der Waals surface area contributed by atoms with Crippen LogP contribution in [0, 0.1) is 13.8 Å². The highest BCUT2D eigenvalue weighted by Gasteiger charge is 2.30. The molecule has 5 heteroatoms. The predicted molar refractivity (Wildman–Crippen MR) is 93.1 cm³/mol. The van der Waals surface area contributed by atoms with Gasteiger partial charge >= 0.3 is 6.09 Å². The summed E-state index contributed by atoms with van der Waals surface area (Å²) in [5, 5.41) is 2.82. The number of ether oxygens (including phenoxy) is 2. The molecule has 0 aromatic heterocycles. The Hall–Kier alpha value is -1.75. The first kappa shape index (κ1) is 19.3. The summed E-state index contributed by atoms with van der Waals surface area (Å²) in [7, 11) is 1.64. The monoisotopic (exact) mass is 322 g/mol. The molecular weight excluding hydrogens is 292 g/mol. The molecule has 0 spiro atoms. The standard InChI is InChI=1S/C18H30N2O3/c1-12-8-14(15(22-7)9-13(12)2)18(6,10-19)11-20-16(21)23-17(3,4)5/h8-9H,10-11,19H2,1-7H3,(H,20,21). The summed E-state index contributed by atoms with van der Waals surface area (Å²) in [4.78, 5) is 11.9. The average molecular weight is 322 g/mol. The summed E-state index contributed by atoms with van der Waals surface area (Å²) in [5.74, 6) is 0.784. The van der Waals surface area contributed by atoms with Crippen molar-refractivity contribution >= 4 is 6.09 Å². The average Bonchev–Trinajstić information content (AvgIpc) is 2.45. The molecule has 0 saturated heterocycles. The van der Waals surface area contributed by atoms with Gasteiger partial charge in [-0.3, -0.25) is 0 Å². The predicted octanol–water partition coefficient (Wildman–Crippen LogP) is 3.05. The zero-order valence-corrected chi connectivity index (χ0v) is 15.4. The molecule has 1 amide bonds. The minimum atomic E-state index is -0.526. The number of hydrogen-bond donors (Lipinski definition) is 2. The second kappa shape index (κ2) is 7.21. The summed E-state index contributed by atoms with van der Waals surface area (Å²) in [6.07, 6.45) is -0.444. The van der Waals surface area contributed by atoms with E-state index in [1.807, 2.05) is 40.7 Å². The molecule has 23 heavy (non-hydrogen) atoms. The molecule has 0 bridgehead atoms. The highest BCUT2D eigenvalue weighted by Crippen LogP contribution is 2.33. The van der Waals surface area contributed by atoms with Crippen molar-refractivity contribution in [2.24, 2.45) is 5.73 Å². The fraction of sp³-hybridized carbons (Fsp3) is 0.611. The van der Waals surface area contributed by atoms with Gasteiger partial charge in [0, 0.05) is 24.1 Å². The van der Waals surface area contributed by atoms with Gasteiger partial charge in [-0.25, -0.2) is 4.79 Å². The van der Waals surface area contributed by atoms with Crippen molar-refractivity contribution in [2.75, 3.05) is 20.2 Å². The number of methoxy groups -OCH3 is 1. The lowest BCUT2D eigenvalue weighted by Crippen LogP contribution is -2.45. The van der Waals surface area contributed by atoms with Crippen LogP contribution in [-0.4, -0.2) is 31.9 Å². The minimum absolute atomic E-state index is 0.372. The molecular formula is C18H30N2O3. The fourth-order valence-corrected chi connectivity index (χ4v) is 2.29. The van der Waals surface area contributed by atoms with E-state index in [2.05, 4.69) is 18.3 Å². The number of benzene rings is 1. The van der Waals surface area contributed by atoms with Gasteiger partial charge in [0.15, 0.2) is 0 Å². The van der Waals surface area contributed by atoms with Gasteiger partial charge in [-0.1, -0.05) is 13.0 Å².